The predicted molar refractivity (Wildman–Crippen MR) is 117 cm³/mol. The Kier molecular flexibility index (Phi) is 5.87. The number of benzene rings is 2. The van der Waals surface area contributed by atoms with E-state index in [-0.39, 0.29) is 5.43 Å². The molecule has 0 aliphatic heterocycles. The Morgan fingerprint density at radius 1 is 0.724 bits per heavy atom. The molecule has 0 saturated carbocycles. The molecule has 0 fully saturated rings. The summed E-state index contributed by atoms with van der Waals surface area (Å²) in [7, 11) is 12.7. The lowest BCUT2D eigenvalue weighted by molar-refractivity contribution is -0.870. The first kappa shape index (κ1) is 21.1. The highest BCUT2D eigenvalue weighted by atomic mass is 16.5. The van der Waals surface area contributed by atoms with Crippen molar-refractivity contribution >= 4 is 21.9 Å². The van der Waals surface area contributed by atoms with E-state index in [0.717, 1.165) is 22.1 Å². The van der Waals surface area contributed by atoms with Crippen LogP contribution in [0.4, 0.5) is 0 Å². The van der Waals surface area contributed by atoms with Crippen molar-refractivity contribution in [3.8, 4) is 11.5 Å². The maximum atomic E-state index is 12.9. The molecule has 0 N–H and O–H groups in total. The molecule has 1 aromatic heterocycles. The summed E-state index contributed by atoms with van der Waals surface area (Å²) in [5.41, 5.74) is 1.000. The Bertz CT molecular complexity index is 978. The number of rotatable bonds is 8. The van der Waals surface area contributed by atoms with E-state index in [4.69, 9.17) is 13.9 Å². The summed E-state index contributed by atoms with van der Waals surface area (Å²) in [4.78, 5) is 12.9. The highest BCUT2D eigenvalue weighted by Gasteiger charge is 2.12. The number of nitrogens with zero attached hydrogens (tertiary/aromatic N) is 2. The zero-order valence-corrected chi connectivity index (χ0v) is 18.3. The fourth-order valence-corrected chi connectivity index (χ4v) is 2.87. The molecule has 0 bridgehead atoms. The van der Waals surface area contributed by atoms with Crippen LogP contribution in [0, 0.1) is 0 Å². The molecule has 0 unspecified atom stereocenters. The minimum absolute atomic E-state index is 0.0444. The van der Waals surface area contributed by atoms with Crippen LogP contribution in [0.3, 0.4) is 0 Å². The molecule has 0 radical (unpaired) electrons. The summed E-state index contributed by atoms with van der Waals surface area (Å²) >= 11 is 0. The Balaban J connectivity index is 1.85. The minimum atomic E-state index is -0.0444. The molecule has 6 nitrogen and oxygen atoms in total. The number of hydrogen-bond acceptors (Lipinski definition) is 4. The van der Waals surface area contributed by atoms with Crippen LogP contribution < -0.4 is 14.9 Å². The molecule has 6 heteroatoms. The number of fused-ring (bicyclic) bond motifs is 2. The van der Waals surface area contributed by atoms with E-state index < -0.39 is 0 Å². The van der Waals surface area contributed by atoms with Crippen LogP contribution in [0.15, 0.2) is 45.6 Å². The Morgan fingerprint density at radius 3 is 1.52 bits per heavy atom. The standard InChI is InChI=1S/C23H32N2O4/c1-24(2,3)11-13-27-17-7-9-19-21(15-17)29-22-16-18(8-10-20(22)23(19)26)28-14-12-25(4,5)6/h7-10,15-16H,11-14H2,1-6H3/q+2. The van der Waals surface area contributed by atoms with Gasteiger partial charge in [-0.15, -0.1) is 0 Å². The third-order valence-corrected chi connectivity index (χ3v) is 4.68. The van der Waals surface area contributed by atoms with Gasteiger partial charge in [0.2, 0.25) is 5.43 Å². The van der Waals surface area contributed by atoms with E-state index >= 15 is 0 Å². The zero-order valence-electron chi connectivity index (χ0n) is 18.3. The molecule has 1 heterocycles. The molecule has 0 spiro atoms. The maximum absolute atomic E-state index is 12.9. The summed E-state index contributed by atoms with van der Waals surface area (Å²) in [6.45, 7) is 2.95. The minimum Gasteiger partial charge on any atom is -0.488 e. The van der Waals surface area contributed by atoms with Crippen LogP contribution in [-0.2, 0) is 0 Å². The average molecular weight is 401 g/mol. The molecule has 0 aliphatic rings. The van der Waals surface area contributed by atoms with Crippen molar-refractivity contribution in [2.45, 2.75) is 0 Å². The van der Waals surface area contributed by atoms with Gasteiger partial charge in [-0.1, -0.05) is 0 Å². The summed E-state index contributed by atoms with van der Waals surface area (Å²) < 4.78 is 19.4. The van der Waals surface area contributed by atoms with Crippen molar-refractivity contribution in [3.05, 3.63) is 46.6 Å². The van der Waals surface area contributed by atoms with E-state index in [1.807, 2.05) is 12.1 Å². The molecule has 2 aromatic carbocycles. The van der Waals surface area contributed by atoms with Gasteiger partial charge in [0.25, 0.3) is 0 Å². The fourth-order valence-electron chi connectivity index (χ4n) is 2.87. The molecule has 29 heavy (non-hydrogen) atoms. The van der Waals surface area contributed by atoms with E-state index in [0.29, 0.717) is 46.7 Å². The van der Waals surface area contributed by atoms with Gasteiger partial charge < -0.3 is 22.9 Å². The number of likely N-dealkylation sites (N-methyl/N-ethyl adjacent to an activating group) is 2. The second-order valence-corrected chi connectivity index (χ2v) is 9.47. The summed E-state index contributed by atoms with van der Waals surface area (Å²) in [5.74, 6) is 1.40. The highest BCUT2D eigenvalue weighted by Crippen LogP contribution is 2.25. The van der Waals surface area contributed by atoms with E-state index in [2.05, 4.69) is 42.3 Å². The third-order valence-electron chi connectivity index (χ3n) is 4.68. The molecule has 0 saturated heterocycles. The van der Waals surface area contributed by atoms with Gasteiger partial charge in [0.05, 0.1) is 53.1 Å². The van der Waals surface area contributed by atoms with Gasteiger partial charge >= 0.3 is 0 Å². The first-order valence-corrected chi connectivity index (χ1v) is 9.89. The van der Waals surface area contributed by atoms with Crippen molar-refractivity contribution in [1.82, 2.24) is 0 Å². The predicted octanol–water partition coefficient (Wildman–Crippen LogP) is 3.12. The Hall–Kier alpha value is -2.57. The molecular formula is C23H32N2O4+2. The number of hydrogen-bond donors (Lipinski definition) is 0. The second-order valence-electron chi connectivity index (χ2n) is 9.47. The summed E-state index contributed by atoms with van der Waals surface area (Å²) in [6.07, 6.45) is 0. The van der Waals surface area contributed by atoms with Crippen LogP contribution in [0.1, 0.15) is 0 Å². The van der Waals surface area contributed by atoms with E-state index in [9.17, 15) is 4.79 Å². The van der Waals surface area contributed by atoms with Crippen LogP contribution in [0.5, 0.6) is 11.5 Å². The zero-order chi connectivity index (χ0) is 21.2. The normalized spacial score (nSPS) is 12.5. The van der Waals surface area contributed by atoms with Crippen molar-refractivity contribution in [2.75, 3.05) is 68.6 Å². The molecule has 0 aliphatic carbocycles. The quantitative estimate of drug-likeness (QED) is 0.431. The van der Waals surface area contributed by atoms with Crippen molar-refractivity contribution < 1.29 is 22.9 Å². The van der Waals surface area contributed by atoms with Crippen LogP contribution in [-0.4, -0.2) is 77.6 Å². The van der Waals surface area contributed by atoms with Gasteiger partial charge in [-0.05, 0) is 24.3 Å². The molecule has 3 aromatic rings. The van der Waals surface area contributed by atoms with Crippen LogP contribution >= 0.6 is 0 Å². The van der Waals surface area contributed by atoms with E-state index in [1.54, 1.807) is 24.3 Å². The average Bonchev–Trinajstić information content (AvgIpc) is 2.59. The lowest BCUT2D eigenvalue weighted by atomic mass is 10.1. The van der Waals surface area contributed by atoms with Gasteiger partial charge in [-0.25, -0.2) is 0 Å². The second kappa shape index (κ2) is 8.05. The topological polar surface area (TPSA) is 48.7 Å². The molecule has 156 valence electrons. The monoisotopic (exact) mass is 400 g/mol. The summed E-state index contributed by atoms with van der Waals surface area (Å²) in [5, 5.41) is 1.10. The number of quaternary nitrogens is 2. The lowest BCUT2D eigenvalue weighted by Crippen LogP contribution is -2.38. The van der Waals surface area contributed by atoms with Gasteiger partial charge in [-0.2, -0.15) is 0 Å². The Morgan fingerprint density at radius 2 is 1.14 bits per heavy atom. The molecule has 0 atom stereocenters. The largest absolute Gasteiger partial charge is 0.488 e. The van der Waals surface area contributed by atoms with Crippen LogP contribution in [0.2, 0.25) is 0 Å². The Labute approximate surface area is 172 Å². The van der Waals surface area contributed by atoms with Crippen molar-refractivity contribution in [1.29, 1.82) is 0 Å². The van der Waals surface area contributed by atoms with Gasteiger partial charge in [0, 0.05) is 12.1 Å². The first-order chi connectivity index (χ1) is 13.5. The smallest absolute Gasteiger partial charge is 0.200 e. The fraction of sp³-hybridized carbons (Fsp3) is 0.435. The van der Waals surface area contributed by atoms with Gasteiger partial charge in [0.1, 0.15) is 49.0 Å². The summed E-state index contributed by atoms with van der Waals surface area (Å²) in [6, 6.07) is 10.8. The van der Waals surface area contributed by atoms with Crippen molar-refractivity contribution in [3.63, 3.8) is 0 Å². The molecular weight excluding hydrogens is 368 g/mol. The highest BCUT2D eigenvalue weighted by molar-refractivity contribution is 5.90. The van der Waals surface area contributed by atoms with E-state index in [1.165, 1.54) is 0 Å². The SMILES string of the molecule is C[N+](C)(C)CCOc1ccc2c(=O)c3ccc(OCC[N+](C)(C)C)cc3oc2c1. The first-order valence-electron chi connectivity index (χ1n) is 9.89. The third kappa shape index (κ3) is 5.71. The van der Waals surface area contributed by atoms with Crippen LogP contribution in [0.25, 0.3) is 21.9 Å². The number of ether oxygens (including phenoxy) is 2. The lowest BCUT2D eigenvalue weighted by Gasteiger charge is -2.23. The molecule has 3 rings (SSSR count). The van der Waals surface area contributed by atoms with Crippen molar-refractivity contribution in [2.24, 2.45) is 0 Å². The molecule has 0 amide bonds. The maximum Gasteiger partial charge on any atom is 0.200 e. The van der Waals surface area contributed by atoms with Gasteiger partial charge in [-0.3, -0.25) is 4.79 Å². The van der Waals surface area contributed by atoms with Gasteiger partial charge in [0.15, 0.2) is 0 Å².